The van der Waals surface area contributed by atoms with Crippen LogP contribution < -0.4 is 11.1 Å². The zero-order valence-corrected chi connectivity index (χ0v) is 14.8. The van der Waals surface area contributed by atoms with Crippen LogP contribution in [0.5, 0.6) is 0 Å². The minimum absolute atomic E-state index is 0. The molecule has 0 aromatic heterocycles. The van der Waals surface area contributed by atoms with Crippen LogP contribution in [0.2, 0.25) is 5.02 Å². The zero-order chi connectivity index (χ0) is 16.8. The molecule has 1 aromatic rings. The molecule has 134 valence electrons. The van der Waals surface area contributed by atoms with Gasteiger partial charge >= 0.3 is 0 Å². The summed E-state index contributed by atoms with van der Waals surface area (Å²) >= 11 is 5.96. The molecule has 1 fully saturated rings. The third-order valence-corrected chi connectivity index (χ3v) is 4.33. The van der Waals surface area contributed by atoms with Crippen LogP contribution >= 0.6 is 24.0 Å². The van der Waals surface area contributed by atoms with Gasteiger partial charge in [-0.25, -0.2) is 4.39 Å². The van der Waals surface area contributed by atoms with Gasteiger partial charge in [0.2, 0.25) is 11.8 Å². The van der Waals surface area contributed by atoms with Crippen molar-refractivity contribution in [3.63, 3.8) is 0 Å². The fourth-order valence-electron chi connectivity index (χ4n) is 2.72. The van der Waals surface area contributed by atoms with Gasteiger partial charge in [-0.05, 0) is 25.0 Å². The number of carbonyl (C=O) groups excluding carboxylic acids is 2. The molecule has 0 saturated carbocycles. The number of hydrogen-bond acceptors (Lipinski definition) is 3. The van der Waals surface area contributed by atoms with Gasteiger partial charge in [0.05, 0.1) is 12.3 Å². The standard InChI is InChI=1S/C16H21ClFN3O2.ClH/c17-13-4-1-5-14(18)12(13)9-15(22)21-8-2-3-11(10-21)16(23)20-7-6-19;/h1,4-5,11H,2-3,6-10,19H2,(H,20,23);1H. The van der Waals surface area contributed by atoms with Crippen LogP contribution in [0.25, 0.3) is 0 Å². The van der Waals surface area contributed by atoms with Crippen molar-refractivity contribution in [1.29, 1.82) is 0 Å². The fourth-order valence-corrected chi connectivity index (χ4v) is 2.95. The van der Waals surface area contributed by atoms with Gasteiger partial charge in [0.25, 0.3) is 0 Å². The lowest BCUT2D eigenvalue weighted by Gasteiger charge is -2.32. The number of likely N-dealkylation sites (tertiary alicyclic amines) is 1. The smallest absolute Gasteiger partial charge is 0.227 e. The Labute approximate surface area is 152 Å². The van der Waals surface area contributed by atoms with Gasteiger partial charge in [0, 0.05) is 36.8 Å². The molecular weight excluding hydrogens is 356 g/mol. The SMILES string of the molecule is Cl.NCCNC(=O)C1CCCN(C(=O)Cc2c(F)cccc2Cl)C1. The Morgan fingerprint density at radius 3 is 2.83 bits per heavy atom. The first kappa shape index (κ1) is 20.7. The summed E-state index contributed by atoms with van der Waals surface area (Å²) in [6.07, 6.45) is 1.39. The van der Waals surface area contributed by atoms with E-state index in [2.05, 4.69) is 5.32 Å². The van der Waals surface area contributed by atoms with E-state index in [9.17, 15) is 14.0 Å². The minimum Gasteiger partial charge on any atom is -0.355 e. The Morgan fingerprint density at radius 2 is 2.17 bits per heavy atom. The van der Waals surface area contributed by atoms with Gasteiger partial charge < -0.3 is 16.0 Å². The average molecular weight is 378 g/mol. The maximum Gasteiger partial charge on any atom is 0.227 e. The van der Waals surface area contributed by atoms with Crippen molar-refractivity contribution in [3.8, 4) is 0 Å². The highest BCUT2D eigenvalue weighted by Gasteiger charge is 2.28. The van der Waals surface area contributed by atoms with E-state index in [1.807, 2.05) is 0 Å². The molecule has 2 amide bonds. The Morgan fingerprint density at radius 1 is 1.42 bits per heavy atom. The number of hydrogen-bond donors (Lipinski definition) is 2. The maximum absolute atomic E-state index is 13.8. The molecule has 5 nitrogen and oxygen atoms in total. The normalized spacial score (nSPS) is 17.1. The summed E-state index contributed by atoms with van der Waals surface area (Å²) in [4.78, 5) is 26.0. The monoisotopic (exact) mass is 377 g/mol. The molecule has 1 aliphatic heterocycles. The number of benzene rings is 1. The summed E-state index contributed by atoms with van der Waals surface area (Å²) in [5.74, 6) is -1.03. The van der Waals surface area contributed by atoms with E-state index in [4.69, 9.17) is 17.3 Å². The van der Waals surface area contributed by atoms with E-state index in [1.54, 1.807) is 11.0 Å². The number of nitrogens with two attached hydrogens (primary N) is 1. The van der Waals surface area contributed by atoms with Crippen molar-refractivity contribution >= 4 is 35.8 Å². The number of amides is 2. The largest absolute Gasteiger partial charge is 0.355 e. The van der Waals surface area contributed by atoms with E-state index in [-0.39, 0.29) is 47.1 Å². The summed E-state index contributed by atoms with van der Waals surface area (Å²) in [5.41, 5.74) is 5.57. The van der Waals surface area contributed by atoms with Crippen LogP contribution in [-0.4, -0.2) is 42.9 Å². The second kappa shape index (κ2) is 9.81. The molecule has 0 radical (unpaired) electrons. The van der Waals surface area contributed by atoms with Gasteiger partial charge in [0.15, 0.2) is 0 Å². The topological polar surface area (TPSA) is 75.4 Å². The average Bonchev–Trinajstić information content (AvgIpc) is 2.56. The highest BCUT2D eigenvalue weighted by Crippen LogP contribution is 2.22. The molecule has 0 spiro atoms. The van der Waals surface area contributed by atoms with Gasteiger partial charge in [-0.3, -0.25) is 9.59 Å². The first-order chi connectivity index (χ1) is 11.0. The second-order valence-electron chi connectivity index (χ2n) is 5.64. The van der Waals surface area contributed by atoms with Gasteiger partial charge in [-0.15, -0.1) is 12.4 Å². The van der Waals surface area contributed by atoms with E-state index < -0.39 is 5.82 Å². The van der Waals surface area contributed by atoms with Crippen LogP contribution in [-0.2, 0) is 16.0 Å². The highest BCUT2D eigenvalue weighted by molar-refractivity contribution is 6.31. The maximum atomic E-state index is 13.8. The third-order valence-electron chi connectivity index (χ3n) is 3.98. The zero-order valence-electron chi connectivity index (χ0n) is 13.3. The lowest BCUT2D eigenvalue weighted by Crippen LogP contribution is -2.46. The Kier molecular flexibility index (Phi) is 8.45. The minimum atomic E-state index is -0.486. The fraction of sp³-hybridized carbons (Fsp3) is 0.500. The van der Waals surface area contributed by atoms with E-state index in [0.717, 1.165) is 12.8 Å². The van der Waals surface area contributed by atoms with Gasteiger partial charge in [0.1, 0.15) is 5.82 Å². The van der Waals surface area contributed by atoms with Crippen molar-refractivity contribution in [2.75, 3.05) is 26.2 Å². The molecule has 24 heavy (non-hydrogen) atoms. The number of rotatable bonds is 5. The second-order valence-corrected chi connectivity index (χ2v) is 6.04. The predicted molar refractivity (Wildman–Crippen MR) is 93.7 cm³/mol. The van der Waals surface area contributed by atoms with Crippen LogP contribution in [0.4, 0.5) is 4.39 Å². The summed E-state index contributed by atoms with van der Waals surface area (Å²) < 4.78 is 13.8. The van der Waals surface area contributed by atoms with Crippen LogP contribution in [0.15, 0.2) is 18.2 Å². The van der Waals surface area contributed by atoms with Gasteiger partial charge in [-0.2, -0.15) is 0 Å². The van der Waals surface area contributed by atoms with Crippen LogP contribution in [0.3, 0.4) is 0 Å². The van der Waals surface area contributed by atoms with E-state index in [0.29, 0.717) is 26.2 Å². The Hall–Kier alpha value is -1.37. The molecule has 1 atom stereocenters. The lowest BCUT2D eigenvalue weighted by molar-refractivity contribution is -0.135. The number of carbonyl (C=O) groups is 2. The van der Waals surface area contributed by atoms with Crippen molar-refractivity contribution in [2.45, 2.75) is 19.3 Å². The Balaban J connectivity index is 0.00000288. The number of nitrogens with zero attached hydrogens (tertiary/aromatic N) is 1. The number of halogens is 3. The lowest BCUT2D eigenvalue weighted by atomic mass is 9.96. The summed E-state index contributed by atoms with van der Waals surface area (Å²) in [6, 6.07) is 4.35. The van der Waals surface area contributed by atoms with Crippen molar-refractivity contribution < 1.29 is 14.0 Å². The molecular formula is C16H22Cl2FN3O2. The van der Waals surface area contributed by atoms with E-state index in [1.165, 1.54) is 12.1 Å². The first-order valence-corrected chi connectivity index (χ1v) is 8.09. The predicted octanol–water partition coefficient (Wildman–Crippen LogP) is 1.76. The molecule has 0 aliphatic carbocycles. The van der Waals surface area contributed by atoms with E-state index >= 15 is 0 Å². The summed E-state index contributed by atoms with van der Waals surface area (Å²) in [7, 11) is 0. The van der Waals surface area contributed by atoms with Crippen molar-refractivity contribution in [1.82, 2.24) is 10.2 Å². The molecule has 1 saturated heterocycles. The van der Waals surface area contributed by atoms with Crippen molar-refractivity contribution in [3.05, 3.63) is 34.6 Å². The molecule has 1 aromatic carbocycles. The molecule has 1 aliphatic rings. The molecule has 8 heteroatoms. The van der Waals surface area contributed by atoms with Crippen LogP contribution in [0.1, 0.15) is 18.4 Å². The highest BCUT2D eigenvalue weighted by atomic mass is 35.5. The summed E-state index contributed by atoms with van der Waals surface area (Å²) in [5, 5.41) is 2.99. The van der Waals surface area contributed by atoms with Crippen molar-refractivity contribution in [2.24, 2.45) is 11.7 Å². The third kappa shape index (κ3) is 5.33. The molecule has 1 unspecified atom stereocenters. The number of nitrogens with one attached hydrogen (secondary N) is 1. The van der Waals surface area contributed by atoms with Gasteiger partial charge in [-0.1, -0.05) is 17.7 Å². The molecule has 2 rings (SSSR count). The first-order valence-electron chi connectivity index (χ1n) is 7.71. The summed E-state index contributed by atoms with van der Waals surface area (Å²) in [6.45, 7) is 1.73. The molecule has 1 heterocycles. The van der Waals surface area contributed by atoms with Crippen LogP contribution in [0, 0.1) is 11.7 Å². The number of piperidine rings is 1. The molecule has 3 N–H and O–H groups in total. The molecule has 0 bridgehead atoms. The Bertz CT molecular complexity index is 566. The quantitative estimate of drug-likeness (QED) is 0.820.